The van der Waals surface area contributed by atoms with Crippen LogP contribution in [-0.4, -0.2) is 23.8 Å². The van der Waals surface area contributed by atoms with E-state index in [1.165, 1.54) is 12.1 Å². The van der Waals surface area contributed by atoms with Crippen molar-refractivity contribution in [2.75, 3.05) is 11.9 Å². The molecule has 0 saturated carbocycles. The number of anilines is 1. The number of benzene rings is 1. The largest absolute Gasteiger partial charge is 0.416 e. The highest BCUT2D eigenvalue weighted by molar-refractivity contribution is 5.89. The number of carbonyl (C=O) groups excluding carboxylic acids is 1. The van der Waals surface area contributed by atoms with Crippen molar-refractivity contribution in [1.29, 1.82) is 0 Å². The molecule has 1 atom stereocenters. The van der Waals surface area contributed by atoms with Gasteiger partial charge in [-0.1, -0.05) is 6.07 Å². The van der Waals surface area contributed by atoms with Crippen LogP contribution in [0.1, 0.15) is 18.9 Å². The third kappa shape index (κ3) is 5.17. The fourth-order valence-electron chi connectivity index (χ4n) is 1.43. The lowest BCUT2D eigenvalue weighted by atomic mass is 10.2. The lowest BCUT2D eigenvalue weighted by Gasteiger charge is -2.14. The molecule has 1 unspecified atom stereocenters. The van der Waals surface area contributed by atoms with Crippen LogP contribution in [0.3, 0.4) is 0 Å². The van der Waals surface area contributed by atoms with E-state index in [9.17, 15) is 18.0 Å². The number of alkyl halides is 3. The monoisotopic (exact) mass is 276 g/mol. The van der Waals surface area contributed by atoms with Gasteiger partial charge in [0.1, 0.15) is 0 Å². The molecule has 19 heavy (non-hydrogen) atoms. The van der Waals surface area contributed by atoms with Crippen LogP contribution < -0.4 is 10.6 Å². The van der Waals surface area contributed by atoms with Gasteiger partial charge in [-0.3, -0.25) is 0 Å². The smallest absolute Gasteiger partial charge is 0.396 e. The van der Waals surface area contributed by atoms with Crippen molar-refractivity contribution in [2.45, 2.75) is 25.6 Å². The van der Waals surface area contributed by atoms with E-state index in [-0.39, 0.29) is 18.3 Å². The highest BCUT2D eigenvalue weighted by Gasteiger charge is 2.30. The average molecular weight is 276 g/mol. The number of amides is 2. The summed E-state index contributed by atoms with van der Waals surface area (Å²) in [5.74, 6) is 0. The Morgan fingerprint density at radius 2 is 2.11 bits per heavy atom. The highest BCUT2D eigenvalue weighted by Crippen LogP contribution is 2.30. The number of urea groups is 1. The predicted molar refractivity (Wildman–Crippen MR) is 64.8 cm³/mol. The Bertz CT molecular complexity index is 435. The second-order valence-electron chi connectivity index (χ2n) is 4.09. The standard InChI is InChI=1S/C12H15F3N2O2/c1-8(5-6-18)16-11(19)17-10-4-2-3-9(7-10)12(13,14)15/h2-4,7-8,18H,5-6H2,1H3,(H2,16,17,19). The van der Waals surface area contributed by atoms with Crippen LogP contribution in [0.25, 0.3) is 0 Å². The second-order valence-corrected chi connectivity index (χ2v) is 4.09. The van der Waals surface area contributed by atoms with Gasteiger partial charge in [0, 0.05) is 18.3 Å². The zero-order valence-corrected chi connectivity index (χ0v) is 10.3. The van der Waals surface area contributed by atoms with E-state index in [0.717, 1.165) is 12.1 Å². The highest BCUT2D eigenvalue weighted by atomic mass is 19.4. The first-order valence-corrected chi connectivity index (χ1v) is 5.68. The van der Waals surface area contributed by atoms with Crippen molar-refractivity contribution in [1.82, 2.24) is 5.32 Å². The number of aliphatic hydroxyl groups excluding tert-OH is 1. The predicted octanol–water partition coefficient (Wildman–Crippen LogP) is 2.60. The third-order valence-corrected chi connectivity index (χ3v) is 2.39. The van der Waals surface area contributed by atoms with E-state index >= 15 is 0 Å². The van der Waals surface area contributed by atoms with E-state index in [2.05, 4.69) is 10.6 Å². The van der Waals surface area contributed by atoms with Crippen molar-refractivity contribution in [3.05, 3.63) is 29.8 Å². The number of nitrogens with one attached hydrogen (secondary N) is 2. The summed E-state index contributed by atoms with van der Waals surface area (Å²) in [6.07, 6.45) is -4.08. The van der Waals surface area contributed by atoms with Crippen molar-refractivity contribution in [3.8, 4) is 0 Å². The van der Waals surface area contributed by atoms with Gasteiger partial charge in [0.15, 0.2) is 0 Å². The molecule has 0 radical (unpaired) electrons. The summed E-state index contributed by atoms with van der Waals surface area (Å²) in [4.78, 5) is 11.5. The summed E-state index contributed by atoms with van der Waals surface area (Å²) >= 11 is 0. The molecule has 7 heteroatoms. The van der Waals surface area contributed by atoms with E-state index in [1.54, 1.807) is 6.92 Å². The molecule has 1 rings (SSSR count). The second kappa shape index (κ2) is 6.42. The van der Waals surface area contributed by atoms with E-state index in [4.69, 9.17) is 5.11 Å². The Morgan fingerprint density at radius 3 is 2.68 bits per heavy atom. The number of hydrogen-bond donors (Lipinski definition) is 3. The molecular formula is C12H15F3N2O2. The zero-order valence-electron chi connectivity index (χ0n) is 10.3. The van der Waals surface area contributed by atoms with Crippen molar-refractivity contribution in [2.24, 2.45) is 0 Å². The van der Waals surface area contributed by atoms with Crippen LogP contribution in [0.2, 0.25) is 0 Å². The van der Waals surface area contributed by atoms with Gasteiger partial charge in [-0.15, -0.1) is 0 Å². The SMILES string of the molecule is CC(CCO)NC(=O)Nc1cccc(C(F)(F)F)c1. The van der Waals surface area contributed by atoms with E-state index in [0.29, 0.717) is 6.42 Å². The van der Waals surface area contributed by atoms with Crippen molar-refractivity contribution in [3.63, 3.8) is 0 Å². The van der Waals surface area contributed by atoms with Crippen LogP contribution in [0.15, 0.2) is 24.3 Å². The molecule has 0 heterocycles. The first-order chi connectivity index (χ1) is 8.82. The molecule has 0 aromatic heterocycles. The van der Waals surface area contributed by atoms with Gasteiger partial charge in [-0.05, 0) is 31.5 Å². The third-order valence-electron chi connectivity index (χ3n) is 2.39. The molecule has 0 spiro atoms. The number of aliphatic hydroxyl groups is 1. The maximum Gasteiger partial charge on any atom is 0.416 e. The summed E-state index contributed by atoms with van der Waals surface area (Å²) in [5.41, 5.74) is -0.766. The van der Waals surface area contributed by atoms with Gasteiger partial charge in [0.2, 0.25) is 0 Å². The number of rotatable bonds is 4. The maximum atomic E-state index is 12.5. The molecule has 106 valence electrons. The zero-order chi connectivity index (χ0) is 14.5. The summed E-state index contributed by atoms with van der Waals surface area (Å²) in [6.45, 7) is 1.60. The molecular weight excluding hydrogens is 261 g/mol. The van der Waals surface area contributed by atoms with Crippen LogP contribution in [0.4, 0.5) is 23.7 Å². The molecule has 1 aromatic rings. The lowest BCUT2D eigenvalue weighted by Crippen LogP contribution is -2.36. The van der Waals surface area contributed by atoms with Crippen LogP contribution >= 0.6 is 0 Å². The summed E-state index contributed by atoms with van der Waals surface area (Å²) in [7, 11) is 0. The number of carbonyl (C=O) groups is 1. The normalized spacial score (nSPS) is 12.9. The summed E-state index contributed by atoms with van der Waals surface area (Å²) in [5, 5.41) is 13.5. The fourth-order valence-corrected chi connectivity index (χ4v) is 1.43. The van der Waals surface area contributed by atoms with Crippen molar-refractivity contribution >= 4 is 11.7 Å². The molecule has 0 fully saturated rings. The fraction of sp³-hybridized carbons (Fsp3) is 0.417. The molecule has 2 amide bonds. The van der Waals surface area contributed by atoms with E-state index < -0.39 is 17.8 Å². The maximum absolute atomic E-state index is 12.5. The van der Waals surface area contributed by atoms with Gasteiger partial charge in [0.05, 0.1) is 5.56 Å². The van der Waals surface area contributed by atoms with Gasteiger partial charge in [-0.25, -0.2) is 4.79 Å². The minimum absolute atomic E-state index is 0.0588. The lowest BCUT2D eigenvalue weighted by molar-refractivity contribution is -0.137. The summed E-state index contributed by atoms with van der Waals surface area (Å²) < 4.78 is 37.4. The topological polar surface area (TPSA) is 61.4 Å². The Hall–Kier alpha value is -1.76. The Morgan fingerprint density at radius 1 is 1.42 bits per heavy atom. The molecule has 4 nitrogen and oxygen atoms in total. The van der Waals surface area contributed by atoms with Crippen LogP contribution in [0.5, 0.6) is 0 Å². The number of hydrogen-bond acceptors (Lipinski definition) is 2. The van der Waals surface area contributed by atoms with Crippen molar-refractivity contribution < 1.29 is 23.1 Å². The van der Waals surface area contributed by atoms with Gasteiger partial charge < -0.3 is 15.7 Å². The molecule has 1 aromatic carbocycles. The van der Waals surface area contributed by atoms with E-state index in [1.807, 2.05) is 0 Å². The van der Waals surface area contributed by atoms with Gasteiger partial charge in [0.25, 0.3) is 0 Å². The molecule has 0 bridgehead atoms. The molecule has 0 aliphatic carbocycles. The molecule has 3 N–H and O–H groups in total. The minimum Gasteiger partial charge on any atom is -0.396 e. The van der Waals surface area contributed by atoms with Crippen LogP contribution in [-0.2, 0) is 6.18 Å². The average Bonchev–Trinajstić information content (AvgIpc) is 2.28. The van der Waals surface area contributed by atoms with Gasteiger partial charge >= 0.3 is 12.2 Å². The minimum atomic E-state index is -4.45. The quantitative estimate of drug-likeness (QED) is 0.791. The first-order valence-electron chi connectivity index (χ1n) is 5.68. The Balaban J connectivity index is 2.65. The first kappa shape index (κ1) is 15.3. The number of halogens is 3. The van der Waals surface area contributed by atoms with Gasteiger partial charge in [-0.2, -0.15) is 13.2 Å². The Kier molecular flexibility index (Phi) is 5.17. The molecule has 0 aliphatic rings. The molecule has 0 aliphatic heterocycles. The Labute approximate surface area is 108 Å². The molecule has 0 saturated heterocycles. The summed E-state index contributed by atoms with van der Waals surface area (Å²) in [6, 6.07) is 3.49. The van der Waals surface area contributed by atoms with Crippen LogP contribution in [0, 0.1) is 0 Å².